The number of carbonyl (C=O) groups is 2. The average Bonchev–Trinajstić information content (AvgIpc) is 2.91. The maximum atomic E-state index is 13.5. The van der Waals surface area contributed by atoms with Crippen LogP contribution in [0.5, 0.6) is 11.5 Å². The van der Waals surface area contributed by atoms with E-state index in [9.17, 15) is 26.4 Å². The first-order valence-corrected chi connectivity index (χ1v) is 13.7. The van der Waals surface area contributed by atoms with Gasteiger partial charge in [0.1, 0.15) is 11.5 Å². The summed E-state index contributed by atoms with van der Waals surface area (Å²) in [5.74, 6) is -2.26. The van der Waals surface area contributed by atoms with Crippen molar-refractivity contribution in [2.24, 2.45) is 22.9 Å². The zero-order chi connectivity index (χ0) is 28.5. The highest BCUT2D eigenvalue weighted by Crippen LogP contribution is 2.36. The number of benzene rings is 3. The summed E-state index contributed by atoms with van der Waals surface area (Å²) in [6.07, 6.45) is 0. The normalized spacial score (nSPS) is 15.1. The standard InChI is InChI=1S/C24H26N4O8S2/c1-35-17-6-10-19(11-7-17)37(31,32)23(27,21(25)29)15-4-3-5-16(14-15)24(28,22(26)30)38(33,34)20-12-8-18(36-2)9-13-20/h3-14H,27-28H2,1-2H3,(H2,25,29)(H2,26,30). The van der Waals surface area contributed by atoms with Crippen molar-refractivity contribution >= 4 is 31.5 Å². The summed E-state index contributed by atoms with van der Waals surface area (Å²) in [6, 6.07) is 14.3. The Hall–Kier alpha value is -3.98. The van der Waals surface area contributed by atoms with Gasteiger partial charge in [0.05, 0.1) is 24.0 Å². The van der Waals surface area contributed by atoms with Crippen LogP contribution in [0.1, 0.15) is 11.1 Å². The highest BCUT2D eigenvalue weighted by Gasteiger charge is 2.52. The number of hydrogen-bond acceptors (Lipinski definition) is 10. The largest absolute Gasteiger partial charge is 0.497 e. The van der Waals surface area contributed by atoms with E-state index < -0.39 is 52.4 Å². The SMILES string of the molecule is COc1ccc(S(=O)(=O)C(N)(C(N)=O)c2cccc(C(N)(C(N)=O)S(=O)(=O)c3ccc(OC)cc3)c2)cc1. The van der Waals surface area contributed by atoms with Crippen molar-refractivity contribution in [1.82, 2.24) is 0 Å². The predicted molar refractivity (Wildman–Crippen MR) is 137 cm³/mol. The van der Waals surface area contributed by atoms with Gasteiger partial charge in [-0.05, 0) is 65.7 Å². The van der Waals surface area contributed by atoms with Crippen LogP contribution in [0.3, 0.4) is 0 Å². The van der Waals surface area contributed by atoms with Crippen LogP contribution in [0, 0.1) is 0 Å². The molecule has 2 amide bonds. The maximum absolute atomic E-state index is 13.5. The van der Waals surface area contributed by atoms with Crippen molar-refractivity contribution in [2.45, 2.75) is 19.5 Å². The maximum Gasteiger partial charge on any atom is 0.258 e. The predicted octanol–water partition coefficient (Wildman–Crippen LogP) is -0.155. The Morgan fingerprint density at radius 3 is 1.21 bits per heavy atom. The summed E-state index contributed by atoms with van der Waals surface area (Å²) in [5.41, 5.74) is 22.4. The van der Waals surface area contributed by atoms with Gasteiger partial charge in [0.2, 0.25) is 29.4 Å². The van der Waals surface area contributed by atoms with Crippen LogP contribution in [-0.4, -0.2) is 42.9 Å². The zero-order valence-electron chi connectivity index (χ0n) is 20.3. The van der Waals surface area contributed by atoms with Crippen LogP contribution in [0.4, 0.5) is 0 Å². The van der Waals surface area contributed by atoms with Crippen LogP contribution in [-0.2, 0) is 39.0 Å². The molecule has 38 heavy (non-hydrogen) atoms. The van der Waals surface area contributed by atoms with Gasteiger partial charge in [-0.25, -0.2) is 16.8 Å². The minimum absolute atomic E-state index is 0.339. The molecule has 0 fully saturated rings. The number of carbonyl (C=O) groups excluding carboxylic acids is 2. The van der Waals surface area contributed by atoms with E-state index in [1.165, 1.54) is 44.6 Å². The van der Waals surface area contributed by atoms with E-state index in [-0.39, 0.29) is 9.79 Å². The molecule has 8 N–H and O–H groups in total. The number of rotatable bonds is 10. The third kappa shape index (κ3) is 4.36. The van der Waals surface area contributed by atoms with E-state index in [4.69, 9.17) is 32.4 Å². The third-order valence-electron chi connectivity index (χ3n) is 6.04. The van der Waals surface area contributed by atoms with Gasteiger partial charge in [0, 0.05) is 0 Å². The number of amides is 2. The number of sulfone groups is 2. The first kappa shape index (κ1) is 28.6. The zero-order valence-corrected chi connectivity index (χ0v) is 22.0. The van der Waals surface area contributed by atoms with Crippen LogP contribution in [0.15, 0.2) is 82.6 Å². The Labute approximate surface area is 219 Å². The molecule has 0 spiro atoms. The molecule has 3 rings (SSSR count). The molecule has 0 aliphatic rings. The van der Waals surface area contributed by atoms with E-state index in [0.29, 0.717) is 11.5 Å². The molecule has 0 aromatic heterocycles. The Morgan fingerprint density at radius 2 is 0.947 bits per heavy atom. The molecule has 14 heteroatoms. The quantitative estimate of drug-likeness (QED) is 0.255. The van der Waals surface area contributed by atoms with Crippen LogP contribution >= 0.6 is 0 Å². The molecule has 0 aliphatic heterocycles. The molecule has 0 saturated heterocycles. The van der Waals surface area contributed by atoms with Crippen molar-refractivity contribution in [2.75, 3.05) is 14.2 Å². The Morgan fingerprint density at radius 1 is 0.632 bits per heavy atom. The Balaban J connectivity index is 2.24. The smallest absolute Gasteiger partial charge is 0.258 e. The van der Waals surface area contributed by atoms with Gasteiger partial charge < -0.3 is 32.4 Å². The van der Waals surface area contributed by atoms with E-state index >= 15 is 0 Å². The first-order chi connectivity index (χ1) is 17.7. The summed E-state index contributed by atoms with van der Waals surface area (Å²) in [4.78, 5) is 18.6. The van der Waals surface area contributed by atoms with E-state index in [0.717, 1.165) is 42.5 Å². The number of primary amides is 2. The molecule has 12 nitrogen and oxygen atoms in total. The van der Waals surface area contributed by atoms with E-state index in [1.54, 1.807) is 0 Å². The third-order valence-corrected chi connectivity index (χ3v) is 10.4. The van der Waals surface area contributed by atoms with E-state index in [2.05, 4.69) is 0 Å². The van der Waals surface area contributed by atoms with Crippen molar-refractivity contribution in [1.29, 1.82) is 0 Å². The fraction of sp³-hybridized carbons (Fsp3) is 0.167. The van der Waals surface area contributed by atoms with Crippen molar-refractivity contribution in [3.63, 3.8) is 0 Å². The van der Waals surface area contributed by atoms with Gasteiger partial charge >= 0.3 is 0 Å². The second-order valence-electron chi connectivity index (χ2n) is 8.14. The summed E-state index contributed by atoms with van der Waals surface area (Å²) >= 11 is 0. The second kappa shape index (κ2) is 10.1. The molecule has 2 atom stereocenters. The van der Waals surface area contributed by atoms with Gasteiger partial charge in [-0.1, -0.05) is 18.2 Å². The van der Waals surface area contributed by atoms with Gasteiger partial charge in [0.25, 0.3) is 11.8 Å². The number of hydrogen-bond donors (Lipinski definition) is 4. The van der Waals surface area contributed by atoms with Crippen molar-refractivity contribution in [3.05, 3.63) is 83.9 Å². The molecular formula is C24H26N4O8S2. The second-order valence-corrected chi connectivity index (χ2v) is 12.4. The molecule has 0 heterocycles. The molecule has 0 radical (unpaired) electrons. The number of methoxy groups -OCH3 is 2. The van der Waals surface area contributed by atoms with Crippen LogP contribution in [0.25, 0.3) is 0 Å². The van der Waals surface area contributed by atoms with Crippen LogP contribution < -0.4 is 32.4 Å². The molecule has 0 bridgehead atoms. The van der Waals surface area contributed by atoms with E-state index in [1.807, 2.05) is 0 Å². The molecule has 3 aromatic rings. The van der Waals surface area contributed by atoms with Gasteiger partial charge in [-0.15, -0.1) is 0 Å². The monoisotopic (exact) mass is 562 g/mol. The topological polar surface area (TPSA) is 225 Å². The molecule has 0 saturated carbocycles. The molecule has 3 aromatic carbocycles. The Bertz CT molecular complexity index is 1470. The first-order valence-electron chi connectivity index (χ1n) is 10.7. The van der Waals surface area contributed by atoms with Crippen LogP contribution in [0.2, 0.25) is 0 Å². The van der Waals surface area contributed by atoms with Crippen molar-refractivity contribution < 1.29 is 35.9 Å². The van der Waals surface area contributed by atoms with Crippen molar-refractivity contribution in [3.8, 4) is 11.5 Å². The summed E-state index contributed by atoms with van der Waals surface area (Å²) in [6.45, 7) is 0. The van der Waals surface area contributed by atoms with Gasteiger partial charge in [-0.2, -0.15) is 0 Å². The molecular weight excluding hydrogens is 536 g/mol. The lowest BCUT2D eigenvalue weighted by Crippen LogP contribution is -2.56. The molecule has 0 aliphatic carbocycles. The minimum Gasteiger partial charge on any atom is -0.497 e. The lowest BCUT2D eigenvalue weighted by Gasteiger charge is -2.30. The molecule has 2 unspecified atom stereocenters. The minimum atomic E-state index is -4.73. The number of nitrogens with two attached hydrogens (primary N) is 4. The molecule has 202 valence electrons. The van der Waals surface area contributed by atoms with Gasteiger partial charge in [-0.3, -0.25) is 9.59 Å². The highest BCUT2D eigenvalue weighted by molar-refractivity contribution is 7.93. The average molecular weight is 563 g/mol. The number of ether oxygens (including phenoxy) is 2. The van der Waals surface area contributed by atoms with Gasteiger partial charge in [0.15, 0.2) is 0 Å². The fourth-order valence-electron chi connectivity index (χ4n) is 3.72. The summed E-state index contributed by atoms with van der Waals surface area (Å²) in [5, 5.41) is 0. The summed E-state index contributed by atoms with van der Waals surface area (Å²) < 4.78 is 64.2. The summed E-state index contributed by atoms with van der Waals surface area (Å²) in [7, 11) is -6.70. The lowest BCUT2D eigenvalue weighted by atomic mass is 9.99. The fourth-order valence-corrected chi connectivity index (χ4v) is 6.86. The highest BCUT2D eigenvalue weighted by atomic mass is 32.2. The Kier molecular flexibility index (Phi) is 7.57. The lowest BCUT2D eigenvalue weighted by molar-refractivity contribution is -0.121.